The molecule has 72 heavy (non-hydrogen) atoms. The number of hydrogen-bond donors (Lipinski definition) is 3. The number of thiazole rings is 1. The lowest BCUT2D eigenvalue weighted by Crippen LogP contribution is -2.58. The number of aliphatic imine (C=N–C) groups is 1. The molecule has 3 amide bonds. The molecule has 3 aliphatic heterocycles. The number of likely N-dealkylation sites (tertiary alicyclic amines) is 1. The van der Waals surface area contributed by atoms with Crippen LogP contribution in [0.1, 0.15) is 108 Å². The standard InChI is InChI=1S/C53H61N11O6S2/c1-29-32(4)72-52-44(29)45(57-40(26-43(66)70-9)48-60-59-33(5)64(48)52)35-17-19-37(20-18-35)61-21-23-62(24-22-61)42-12-10-11-39(56-42)49(67)58-47(53(6,7)8)51(69)63-27-38(65)25-41(63)50(68)55-30(2)34-13-15-36(16-14-34)46-31(3)54-28-71-46/h10-20,28,30,38,40-41,47,65H,21-27H2,1-9H3,(H,55,68)(H,58,67)/t30-,38+,40-,41-,47+/m0/s1. The zero-order chi connectivity index (χ0) is 51.2. The molecule has 3 N–H and O–H groups in total. The van der Waals surface area contributed by atoms with Gasteiger partial charge in [-0.05, 0) is 81.0 Å². The number of aliphatic hydroxyl groups is 1. The van der Waals surface area contributed by atoms with E-state index in [1.54, 1.807) is 34.8 Å². The van der Waals surface area contributed by atoms with Gasteiger partial charge in [0.2, 0.25) is 11.8 Å². The normalized spacial score (nSPS) is 18.7. The molecule has 17 nitrogen and oxygen atoms in total. The van der Waals surface area contributed by atoms with Gasteiger partial charge in [-0.25, -0.2) is 9.97 Å². The van der Waals surface area contributed by atoms with Crippen LogP contribution in [0.4, 0.5) is 11.5 Å². The number of thiophene rings is 1. The van der Waals surface area contributed by atoms with E-state index in [1.807, 2.05) is 82.0 Å². The van der Waals surface area contributed by atoms with Crippen LogP contribution in [-0.4, -0.2) is 122 Å². The summed E-state index contributed by atoms with van der Waals surface area (Å²) in [5, 5.41) is 26.6. The Morgan fingerprint density at radius 2 is 1.58 bits per heavy atom. The first-order valence-electron chi connectivity index (χ1n) is 24.2. The summed E-state index contributed by atoms with van der Waals surface area (Å²) in [5.74, 6) is 0.272. The van der Waals surface area contributed by atoms with Crippen LogP contribution in [-0.2, 0) is 19.1 Å². The second kappa shape index (κ2) is 20.4. The highest BCUT2D eigenvalue weighted by molar-refractivity contribution is 7.15. The summed E-state index contributed by atoms with van der Waals surface area (Å²) in [7, 11) is 1.38. The van der Waals surface area contributed by atoms with Crippen molar-refractivity contribution in [1.29, 1.82) is 0 Å². The van der Waals surface area contributed by atoms with Crippen LogP contribution in [0.25, 0.3) is 15.4 Å². The van der Waals surface area contributed by atoms with Crippen LogP contribution in [0, 0.1) is 33.1 Å². The van der Waals surface area contributed by atoms with Crippen molar-refractivity contribution in [3.05, 3.63) is 122 Å². The first-order valence-corrected chi connectivity index (χ1v) is 25.9. The first kappa shape index (κ1) is 50.1. The molecule has 4 aromatic heterocycles. The van der Waals surface area contributed by atoms with Gasteiger partial charge in [0, 0.05) is 60.8 Å². The van der Waals surface area contributed by atoms with E-state index < -0.39 is 41.5 Å². The minimum atomic E-state index is -1.02. The number of methoxy groups -OCH3 is 1. The molecule has 2 fully saturated rings. The Labute approximate surface area is 427 Å². The molecule has 5 atom stereocenters. The summed E-state index contributed by atoms with van der Waals surface area (Å²) in [5.41, 5.74) is 9.04. The Kier molecular flexibility index (Phi) is 14.2. The lowest BCUT2D eigenvalue weighted by molar-refractivity contribution is -0.142. The van der Waals surface area contributed by atoms with E-state index in [1.165, 1.54) is 16.9 Å². The summed E-state index contributed by atoms with van der Waals surface area (Å²) in [6.07, 6.45) is -0.783. The van der Waals surface area contributed by atoms with Gasteiger partial charge in [0.25, 0.3) is 5.91 Å². The number of ether oxygens (including phenoxy) is 1. The molecular formula is C53H61N11O6S2. The van der Waals surface area contributed by atoms with Crippen LogP contribution >= 0.6 is 22.7 Å². The molecular weight excluding hydrogens is 951 g/mol. The number of nitrogens with zero attached hydrogens (tertiary/aromatic N) is 9. The lowest BCUT2D eigenvalue weighted by atomic mass is 9.85. The molecule has 376 valence electrons. The zero-order valence-corrected chi connectivity index (χ0v) is 43.7. The maximum absolute atomic E-state index is 14.4. The molecule has 2 aromatic carbocycles. The molecule has 0 aliphatic carbocycles. The van der Waals surface area contributed by atoms with Crippen LogP contribution in [0.15, 0.2) is 77.2 Å². The number of β-amino-alcohol motifs (C(OH)–C–C–N with tert-alkyl or cyclic N) is 1. The second-order valence-electron chi connectivity index (χ2n) is 19.9. The van der Waals surface area contributed by atoms with Crippen molar-refractivity contribution in [2.75, 3.05) is 49.6 Å². The van der Waals surface area contributed by atoms with Crippen molar-refractivity contribution in [3.8, 4) is 15.4 Å². The number of rotatable bonds is 12. The third kappa shape index (κ3) is 10.0. The fraction of sp³-hybridized carbons (Fsp3) is 0.415. The molecule has 2 saturated heterocycles. The highest BCUT2D eigenvalue weighted by Crippen LogP contribution is 2.40. The Morgan fingerprint density at radius 3 is 2.25 bits per heavy atom. The molecule has 0 saturated carbocycles. The molecule has 6 aromatic rings. The van der Waals surface area contributed by atoms with Gasteiger partial charge in [0.05, 0.1) is 47.5 Å². The number of esters is 1. The van der Waals surface area contributed by atoms with E-state index in [-0.39, 0.29) is 43.0 Å². The number of benzene rings is 2. The largest absolute Gasteiger partial charge is 0.469 e. The Bertz CT molecular complexity index is 3040. The number of nitrogens with one attached hydrogen (secondary N) is 2. The number of carbonyl (C=O) groups excluding carboxylic acids is 4. The molecule has 19 heteroatoms. The number of hydrogen-bond acceptors (Lipinski definition) is 15. The van der Waals surface area contributed by atoms with E-state index in [9.17, 15) is 24.3 Å². The van der Waals surface area contributed by atoms with Gasteiger partial charge in [0.15, 0.2) is 5.82 Å². The average molecular weight is 1010 g/mol. The average Bonchev–Trinajstić information content (AvgIpc) is 4.14. The van der Waals surface area contributed by atoms with Crippen LogP contribution < -0.4 is 20.4 Å². The van der Waals surface area contributed by atoms with Gasteiger partial charge in [-0.1, -0.05) is 63.2 Å². The highest BCUT2D eigenvalue weighted by Gasteiger charge is 2.45. The number of fused-ring (bicyclic) bond motifs is 3. The van der Waals surface area contributed by atoms with E-state index >= 15 is 0 Å². The fourth-order valence-electron chi connectivity index (χ4n) is 9.74. The topological polar surface area (TPSA) is 200 Å². The number of carbonyl (C=O) groups is 4. The summed E-state index contributed by atoms with van der Waals surface area (Å²) in [6.45, 7) is 18.2. The number of piperazine rings is 1. The molecule has 0 radical (unpaired) electrons. The van der Waals surface area contributed by atoms with Crippen molar-refractivity contribution in [2.24, 2.45) is 10.4 Å². The summed E-state index contributed by atoms with van der Waals surface area (Å²) in [4.78, 5) is 77.4. The zero-order valence-electron chi connectivity index (χ0n) is 42.1. The van der Waals surface area contributed by atoms with Gasteiger partial charge in [-0.3, -0.25) is 28.7 Å². The van der Waals surface area contributed by atoms with Crippen LogP contribution in [0.2, 0.25) is 0 Å². The fourth-order valence-corrected chi connectivity index (χ4v) is 11.8. The maximum atomic E-state index is 14.4. The number of aromatic nitrogens is 5. The SMILES string of the molecule is COC(=O)C[C@@H]1N=C(c2ccc(N3CCN(c4cccc(C(=O)N[C@H](C(=O)N5C[C@H](O)C[C@H]5C(=O)N[C@@H](C)c5ccc(-c6scnc6C)cc5)C(C)(C)C)n4)CC3)cc2)c2c(sc(C)c2C)-n2c(C)nnc21. The molecule has 7 heterocycles. The van der Waals surface area contributed by atoms with Crippen molar-refractivity contribution in [2.45, 2.75) is 98.5 Å². The lowest BCUT2D eigenvalue weighted by Gasteiger charge is -2.37. The van der Waals surface area contributed by atoms with Crippen LogP contribution in [0.5, 0.6) is 0 Å². The minimum absolute atomic E-state index is 0.0325. The number of amides is 3. The molecule has 0 unspecified atom stereocenters. The highest BCUT2D eigenvalue weighted by atomic mass is 32.1. The van der Waals surface area contributed by atoms with Gasteiger partial charge >= 0.3 is 5.97 Å². The third-order valence-electron chi connectivity index (χ3n) is 13.9. The van der Waals surface area contributed by atoms with Crippen molar-refractivity contribution >= 4 is 63.6 Å². The van der Waals surface area contributed by atoms with Gasteiger partial charge < -0.3 is 35.2 Å². The third-order valence-corrected chi connectivity index (χ3v) is 16.1. The van der Waals surface area contributed by atoms with Gasteiger partial charge in [-0.2, -0.15) is 0 Å². The first-order chi connectivity index (χ1) is 34.4. The van der Waals surface area contributed by atoms with Crippen LogP contribution in [0.3, 0.4) is 0 Å². The number of aryl methyl sites for hydroxylation is 3. The predicted molar refractivity (Wildman–Crippen MR) is 279 cm³/mol. The number of anilines is 2. The smallest absolute Gasteiger partial charge is 0.308 e. The van der Waals surface area contributed by atoms with Crippen molar-refractivity contribution in [3.63, 3.8) is 0 Å². The maximum Gasteiger partial charge on any atom is 0.308 e. The molecule has 0 bridgehead atoms. The van der Waals surface area contributed by atoms with E-state index in [2.05, 4.69) is 73.7 Å². The Hall–Kier alpha value is -6.83. The van der Waals surface area contributed by atoms with Gasteiger partial charge in [0.1, 0.15) is 40.5 Å². The van der Waals surface area contributed by atoms with Crippen molar-refractivity contribution < 1.29 is 29.0 Å². The predicted octanol–water partition coefficient (Wildman–Crippen LogP) is 6.85. The minimum Gasteiger partial charge on any atom is -0.469 e. The summed E-state index contributed by atoms with van der Waals surface area (Å²) < 4.78 is 7.08. The Morgan fingerprint density at radius 1 is 0.889 bits per heavy atom. The number of pyridine rings is 1. The molecule has 3 aliphatic rings. The summed E-state index contributed by atoms with van der Waals surface area (Å²) >= 11 is 3.24. The second-order valence-corrected chi connectivity index (χ2v) is 21.9. The molecule has 0 spiro atoms. The monoisotopic (exact) mass is 1010 g/mol. The molecule has 9 rings (SSSR count). The van der Waals surface area contributed by atoms with Crippen molar-refractivity contribution in [1.82, 2.24) is 40.3 Å². The Balaban J connectivity index is 0.845. The van der Waals surface area contributed by atoms with Gasteiger partial charge in [-0.15, -0.1) is 32.9 Å². The quantitative estimate of drug-likeness (QED) is 0.108. The van der Waals surface area contributed by atoms with E-state index in [0.29, 0.717) is 37.8 Å². The van der Waals surface area contributed by atoms with E-state index in [4.69, 9.17) is 14.7 Å². The number of aliphatic hydroxyl groups excluding tert-OH is 1. The van der Waals surface area contributed by atoms with E-state index in [0.717, 1.165) is 60.6 Å². The summed E-state index contributed by atoms with van der Waals surface area (Å²) in [6, 6.07) is 18.8.